The number of ether oxygens (including phenoxy) is 1. The van der Waals surface area contributed by atoms with Gasteiger partial charge in [0, 0.05) is 31.7 Å². The largest absolute Gasteiger partial charge is 0.507 e. The fourth-order valence-corrected chi connectivity index (χ4v) is 6.61. The van der Waals surface area contributed by atoms with Crippen molar-refractivity contribution in [3.63, 3.8) is 0 Å². The molecule has 0 spiro atoms. The number of aryl methyl sites for hydroxylation is 1. The van der Waals surface area contributed by atoms with Crippen molar-refractivity contribution in [3.8, 4) is 28.4 Å². The molecule has 5 heterocycles. The number of nitrogens with zero attached hydrogens (tertiary/aromatic N) is 6. The minimum atomic E-state index is -1.36. The Hall–Kier alpha value is -4.58. The van der Waals surface area contributed by atoms with Gasteiger partial charge in [0.25, 0.3) is 0 Å². The second-order valence-electron chi connectivity index (χ2n) is 11.6. The summed E-state index contributed by atoms with van der Waals surface area (Å²) in [5.41, 5.74) is 0.153. The van der Waals surface area contributed by atoms with Gasteiger partial charge in [0.2, 0.25) is 5.91 Å². The number of phenols is 1. The number of rotatable bonds is 4. The van der Waals surface area contributed by atoms with Crippen molar-refractivity contribution in [3.05, 3.63) is 75.4 Å². The summed E-state index contributed by atoms with van der Waals surface area (Å²) in [6.07, 6.45) is 3.33. The number of phenolic OH excluding ortho intramolecular Hbond substituents is 1. The van der Waals surface area contributed by atoms with E-state index in [1.54, 1.807) is 17.2 Å². The first-order valence-corrected chi connectivity index (χ1v) is 14.9. The van der Waals surface area contributed by atoms with Crippen LogP contribution in [0.1, 0.15) is 44.4 Å². The highest BCUT2D eigenvalue weighted by Crippen LogP contribution is 2.47. The van der Waals surface area contributed by atoms with E-state index in [1.807, 2.05) is 32.6 Å². The molecular formula is C32H31ClF2N6O4. The van der Waals surface area contributed by atoms with E-state index in [0.29, 0.717) is 36.5 Å². The molecule has 13 heteroatoms. The third-order valence-electron chi connectivity index (χ3n) is 8.35. The minimum absolute atomic E-state index is 0.0120. The Bertz CT molecular complexity index is 1950. The highest BCUT2D eigenvalue weighted by molar-refractivity contribution is 6.36. The molecule has 10 nitrogen and oxygen atoms in total. The summed E-state index contributed by atoms with van der Waals surface area (Å²) in [5, 5.41) is 10.8. The summed E-state index contributed by atoms with van der Waals surface area (Å²) in [6.45, 7) is 12.0. The fourth-order valence-electron chi connectivity index (χ4n) is 6.32. The Morgan fingerprint density at radius 1 is 1.22 bits per heavy atom. The van der Waals surface area contributed by atoms with Gasteiger partial charge in [-0.1, -0.05) is 32.0 Å². The van der Waals surface area contributed by atoms with Crippen LogP contribution in [0.15, 0.2) is 41.8 Å². The zero-order valence-corrected chi connectivity index (χ0v) is 25.9. The fraction of sp³-hybridized carbons (Fsp3) is 0.344. The number of piperazine rings is 1. The summed E-state index contributed by atoms with van der Waals surface area (Å²) < 4.78 is 37.4. The number of amides is 1. The lowest BCUT2D eigenvalue weighted by molar-refractivity contribution is -0.127. The van der Waals surface area contributed by atoms with E-state index >= 15 is 4.39 Å². The summed E-state index contributed by atoms with van der Waals surface area (Å²) in [6, 6.07) is 2.97. The Morgan fingerprint density at radius 3 is 2.69 bits per heavy atom. The van der Waals surface area contributed by atoms with E-state index < -0.39 is 28.6 Å². The monoisotopic (exact) mass is 636 g/mol. The van der Waals surface area contributed by atoms with Crippen LogP contribution < -0.4 is 15.3 Å². The van der Waals surface area contributed by atoms with Gasteiger partial charge in [0.1, 0.15) is 27.7 Å². The molecule has 2 unspecified atom stereocenters. The van der Waals surface area contributed by atoms with Gasteiger partial charge in [-0.25, -0.2) is 23.1 Å². The van der Waals surface area contributed by atoms with Gasteiger partial charge >= 0.3 is 5.69 Å². The maximum absolute atomic E-state index is 15.3. The molecule has 3 aromatic heterocycles. The third-order valence-corrected chi connectivity index (χ3v) is 8.70. The maximum atomic E-state index is 15.3. The van der Waals surface area contributed by atoms with Crippen molar-refractivity contribution in [1.82, 2.24) is 24.4 Å². The van der Waals surface area contributed by atoms with E-state index in [4.69, 9.17) is 21.3 Å². The number of benzene rings is 1. The molecule has 45 heavy (non-hydrogen) atoms. The van der Waals surface area contributed by atoms with Gasteiger partial charge in [-0.05, 0) is 49.6 Å². The first-order valence-electron chi connectivity index (χ1n) is 14.6. The molecule has 1 amide bonds. The van der Waals surface area contributed by atoms with Crippen LogP contribution >= 0.6 is 11.6 Å². The Kier molecular flexibility index (Phi) is 7.72. The molecule has 0 radical (unpaired) electrons. The lowest BCUT2D eigenvalue weighted by Crippen LogP contribution is -2.60. The van der Waals surface area contributed by atoms with E-state index in [9.17, 15) is 19.1 Å². The summed E-state index contributed by atoms with van der Waals surface area (Å²) in [5.74, 6) is -3.21. The molecule has 234 valence electrons. The summed E-state index contributed by atoms with van der Waals surface area (Å²) in [4.78, 5) is 44.3. The third kappa shape index (κ3) is 4.87. The average molecular weight is 637 g/mol. The molecule has 2 atom stereocenters. The summed E-state index contributed by atoms with van der Waals surface area (Å²) >= 11 is 6.90. The Morgan fingerprint density at radius 2 is 1.98 bits per heavy atom. The molecular weight excluding hydrogens is 606 g/mol. The molecule has 0 aliphatic carbocycles. The zero-order chi connectivity index (χ0) is 32.3. The van der Waals surface area contributed by atoms with Crippen LogP contribution in [-0.2, 0) is 4.79 Å². The van der Waals surface area contributed by atoms with Crippen molar-refractivity contribution in [2.75, 3.05) is 24.6 Å². The number of carbonyl (C=O) groups is 1. The van der Waals surface area contributed by atoms with Crippen LogP contribution in [0.2, 0.25) is 5.02 Å². The number of halogens is 3. The first-order chi connectivity index (χ1) is 21.4. The topological polar surface area (TPSA) is 114 Å². The number of carbonyl (C=O) groups excluding carboxylic acids is 1. The van der Waals surface area contributed by atoms with Crippen molar-refractivity contribution >= 4 is 34.4 Å². The molecule has 6 rings (SSSR count). The van der Waals surface area contributed by atoms with Crippen LogP contribution in [0.25, 0.3) is 28.0 Å². The van der Waals surface area contributed by atoms with Crippen LogP contribution in [-0.4, -0.2) is 67.2 Å². The highest BCUT2D eigenvalue weighted by atomic mass is 35.5. The second-order valence-corrected chi connectivity index (χ2v) is 12.0. The molecule has 1 aromatic carbocycles. The lowest BCUT2D eigenvalue weighted by Gasteiger charge is -2.47. The van der Waals surface area contributed by atoms with E-state index in [0.717, 1.165) is 12.1 Å². The smallest absolute Gasteiger partial charge is 0.355 e. The number of hydrogen-bond acceptors (Lipinski definition) is 8. The van der Waals surface area contributed by atoms with Crippen LogP contribution in [0.4, 0.5) is 14.6 Å². The number of anilines is 1. The maximum Gasteiger partial charge on any atom is 0.355 e. The lowest BCUT2D eigenvalue weighted by atomic mass is 10.0. The van der Waals surface area contributed by atoms with Crippen LogP contribution in [0.5, 0.6) is 11.5 Å². The van der Waals surface area contributed by atoms with Crippen molar-refractivity contribution in [2.24, 2.45) is 0 Å². The van der Waals surface area contributed by atoms with Crippen LogP contribution in [0.3, 0.4) is 0 Å². The average Bonchev–Trinajstić information content (AvgIpc) is 2.99. The summed E-state index contributed by atoms with van der Waals surface area (Å²) in [7, 11) is 0. The molecule has 0 saturated carbocycles. The number of aromatic nitrogens is 4. The molecule has 1 fully saturated rings. The normalized spacial score (nSPS) is 18.0. The van der Waals surface area contributed by atoms with Crippen molar-refractivity contribution in [2.45, 2.75) is 52.1 Å². The van der Waals surface area contributed by atoms with E-state index in [1.165, 1.54) is 10.6 Å². The highest BCUT2D eigenvalue weighted by Gasteiger charge is 2.39. The predicted molar refractivity (Wildman–Crippen MR) is 166 cm³/mol. The van der Waals surface area contributed by atoms with E-state index in [-0.39, 0.29) is 63.8 Å². The number of hydrogen-bond donors (Lipinski definition) is 1. The van der Waals surface area contributed by atoms with Gasteiger partial charge in [0.15, 0.2) is 23.0 Å². The Labute approximate surface area is 262 Å². The quantitative estimate of drug-likeness (QED) is 0.301. The van der Waals surface area contributed by atoms with Gasteiger partial charge in [-0.2, -0.15) is 4.98 Å². The molecule has 0 bridgehead atoms. The first kappa shape index (κ1) is 30.4. The van der Waals surface area contributed by atoms with Crippen molar-refractivity contribution in [1.29, 1.82) is 0 Å². The number of aromatic hydroxyl groups is 1. The second kappa shape index (κ2) is 11.4. The zero-order valence-electron chi connectivity index (χ0n) is 25.1. The molecule has 1 saturated heterocycles. The number of pyridine rings is 2. The van der Waals surface area contributed by atoms with Crippen molar-refractivity contribution < 1.29 is 23.4 Å². The van der Waals surface area contributed by atoms with E-state index in [2.05, 4.69) is 16.5 Å². The molecule has 4 aromatic rings. The predicted octanol–water partition coefficient (Wildman–Crippen LogP) is 5.29. The molecule has 2 aliphatic rings. The molecule has 1 N–H and O–H groups in total. The van der Waals surface area contributed by atoms with Gasteiger partial charge < -0.3 is 19.6 Å². The number of fused-ring (bicyclic) bond motifs is 2. The van der Waals surface area contributed by atoms with Gasteiger partial charge in [-0.3, -0.25) is 9.78 Å². The van der Waals surface area contributed by atoms with Gasteiger partial charge in [-0.15, -0.1) is 0 Å². The molecule has 2 aliphatic heterocycles. The SMILES string of the molecule is C=CC(=O)N1CC(C)N2c3nc(=O)n(-c4c(C)ccnc4C(C)C)c4nc(-c5c(O)ccc(F)c5F)c(Cl)c(c34)OCCC2C1. The Balaban J connectivity index is 1.75. The van der Waals surface area contributed by atoms with Gasteiger partial charge in [0.05, 0.1) is 29.6 Å². The standard InChI is InChI=1S/C32H31ClF2N6O4/c1-6-21(43)39-13-17(5)40-18(14-39)10-12-45-29-23-30(37-27(24(29)33)22-20(42)8-7-19(34)25(22)35)41(32(44)38-31(23)40)28-16(4)9-11-36-26(28)15(2)3/h6-9,11,15,17-18,42H,1,10,12-14H2,2-5H3. The van der Waals surface area contributed by atoms with Crippen LogP contribution in [0, 0.1) is 18.6 Å². The minimum Gasteiger partial charge on any atom is -0.507 e.